The van der Waals surface area contributed by atoms with Crippen LogP contribution in [0.15, 0.2) is 30.3 Å². The summed E-state index contributed by atoms with van der Waals surface area (Å²) in [4.78, 5) is 35.8. The molecule has 1 aliphatic heterocycles. The van der Waals surface area contributed by atoms with Gasteiger partial charge in [-0.2, -0.15) is 0 Å². The van der Waals surface area contributed by atoms with Crippen molar-refractivity contribution in [3.8, 4) is 0 Å². The molecule has 7 nitrogen and oxygen atoms in total. The van der Waals surface area contributed by atoms with Gasteiger partial charge in [-0.1, -0.05) is 18.2 Å². The second kappa shape index (κ2) is 7.34. The molecule has 4 atom stereocenters. The highest BCUT2D eigenvalue weighted by Gasteiger charge is 2.47. The average molecular weight is 322 g/mol. The molecule has 1 aromatic carbocycles. The normalized spacial score (nSPS) is 27.3. The third-order valence-corrected chi connectivity index (χ3v) is 3.35. The summed E-state index contributed by atoms with van der Waals surface area (Å²) >= 11 is 0. The largest absolute Gasteiger partial charge is 0.452 e. The number of esters is 2. The molecule has 0 N–H and O–H groups in total. The van der Waals surface area contributed by atoms with Gasteiger partial charge in [0.1, 0.15) is 6.10 Å². The zero-order valence-corrected chi connectivity index (χ0v) is 13.1. The molecule has 2 rings (SSSR count). The minimum atomic E-state index is -1.31. The number of carbonyl (C=O) groups excluding carboxylic acids is 3. The van der Waals surface area contributed by atoms with Crippen LogP contribution in [0.1, 0.15) is 24.2 Å². The van der Waals surface area contributed by atoms with E-state index in [1.54, 1.807) is 37.3 Å². The van der Waals surface area contributed by atoms with Crippen LogP contribution >= 0.6 is 0 Å². The molecular formula is C16H18O7. The first-order chi connectivity index (χ1) is 10.9. The molecule has 124 valence electrons. The Bertz CT molecular complexity index is 583. The van der Waals surface area contributed by atoms with E-state index < -0.39 is 42.3 Å². The zero-order chi connectivity index (χ0) is 17.0. The van der Waals surface area contributed by atoms with E-state index in [-0.39, 0.29) is 5.56 Å². The van der Waals surface area contributed by atoms with Crippen molar-refractivity contribution in [3.05, 3.63) is 35.9 Å². The second-order valence-electron chi connectivity index (χ2n) is 5.07. The van der Waals surface area contributed by atoms with Crippen molar-refractivity contribution in [2.75, 3.05) is 7.11 Å². The minimum Gasteiger partial charge on any atom is -0.452 e. The molecule has 7 heteroatoms. The highest BCUT2D eigenvalue weighted by atomic mass is 16.7. The van der Waals surface area contributed by atoms with Gasteiger partial charge in [0.2, 0.25) is 18.2 Å². The Balaban J connectivity index is 2.17. The summed E-state index contributed by atoms with van der Waals surface area (Å²) in [5.74, 6) is -1.89. The van der Waals surface area contributed by atoms with E-state index in [1.165, 1.54) is 14.0 Å². The third-order valence-electron chi connectivity index (χ3n) is 3.35. The minimum absolute atomic E-state index is 0.290. The Morgan fingerprint density at radius 1 is 1.09 bits per heavy atom. The average Bonchev–Trinajstić information content (AvgIpc) is 2.54. The number of ketones is 1. The van der Waals surface area contributed by atoms with Gasteiger partial charge in [-0.15, -0.1) is 0 Å². The monoisotopic (exact) mass is 322 g/mol. The second-order valence-corrected chi connectivity index (χ2v) is 5.07. The maximum atomic E-state index is 12.5. The molecule has 1 saturated heterocycles. The molecular weight excluding hydrogens is 304 g/mol. The molecule has 1 fully saturated rings. The van der Waals surface area contributed by atoms with Gasteiger partial charge in [0.25, 0.3) is 0 Å². The molecule has 1 heterocycles. The van der Waals surface area contributed by atoms with E-state index in [2.05, 4.69) is 0 Å². The number of Topliss-reactive ketones (excluding diaryl/α,β-unsaturated/α-hetero) is 1. The molecule has 1 aromatic rings. The van der Waals surface area contributed by atoms with Crippen LogP contribution in [0.5, 0.6) is 0 Å². The van der Waals surface area contributed by atoms with E-state index in [0.717, 1.165) is 0 Å². The molecule has 1 aliphatic rings. The van der Waals surface area contributed by atoms with Crippen molar-refractivity contribution < 1.29 is 33.3 Å². The summed E-state index contributed by atoms with van der Waals surface area (Å²) in [6.45, 7) is 2.76. The molecule has 0 amide bonds. The Morgan fingerprint density at radius 3 is 2.30 bits per heavy atom. The Kier molecular flexibility index (Phi) is 5.46. The molecule has 0 bridgehead atoms. The highest BCUT2D eigenvalue weighted by Crippen LogP contribution is 2.23. The smallest absolute Gasteiger partial charge is 0.339 e. The number of ether oxygens (including phenoxy) is 4. The standard InChI is InChI=1S/C16H18O7/c1-9-13(22-10(2)17)12(18)14(16(20-3)21-9)23-15(19)11-7-5-4-6-8-11/h4-9,13-14,16H,1-3H3/t9-,13+,14-,16+/m1/s1. The van der Waals surface area contributed by atoms with Crippen molar-refractivity contribution in [3.63, 3.8) is 0 Å². The Hall–Kier alpha value is -2.25. The lowest BCUT2D eigenvalue weighted by Gasteiger charge is -2.36. The van der Waals surface area contributed by atoms with Crippen molar-refractivity contribution >= 4 is 17.7 Å². The van der Waals surface area contributed by atoms with E-state index in [0.29, 0.717) is 0 Å². The van der Waals surface area contributed by atoms with Gasteiger partial charge in [-0.3, -0.25) is 9.59 Å². The van der Waals surface area contributed by atoms with Gasteiger partial charge in [-0.05, 0) is 19.1 Å². The van der Waals surface area contributed by atoms with E-state index in [9.17, 15) is 14.4 Å². The molecule has 0 aromatic heterocycles. The van der Waals surface area contributed by atoms with Crippen molar-refractivity contribution in [2.24, 2.45) is 0 Å². The molecule has 0 unspecified atom stereocenters. The predicted molar refractivity (Wildman–Crippen MR) is 77.6 cm³/mol. The number of methoxy groups -OCH3 is 1. The van der Waals surface area contributed by atoms with Gasteiger partial charge in [0, 0.05) is 14.0 Å². The summed E-state index contributed by atoms with van der Waals surface area (Å²) in [5, 5.41) is 0. The van der Waals surface area contributed by atoms with E-state index >= 15 is 0 Å². The number of carbonyl (C=O) groups is 3. The first kappa shape index (κ1) is 17.1. The lowest BCUT2D eigenvalue weighted by atomic mass is 10.0. The number of rotatable bonds is 4. The van der Waals surface area contributed by atoms with E-state index in [1.807, 2.05) is 0 Å². The van der Waals surface area contributed by atoms with E-state index in [4.69, 9.17) is 18.9 Å². The maximum absolute atomic E-state index is 12.5. The van der Waals surface area contributed by atoms with Crippen LogP contribution in [-0.2, 0) is 28.5 Å². The summed E-state index contributed by atoms with van der Waals surface area (Å²) in [6.07, 6.45) is -4.22. The van der Waals surface area contributed by atoms with Gasteiger partial charge >= 0.3 is 11.9 Å². The number of hydrogen-bond acceptors (Lipinski definition) is 7. The van der Waals surface area contributed by atoms with Crippen LogP contribution in [0.2, 0.25) is 0 Å². The zero-order valence-electron chi connectivity index (χ0n) is 13.1. The molecule has 0 aliphatic carbocycles. The first-order valence-corrected chi connectivity index (χ1v) is 7.09. The van der Waals surface area contributed by atoms with Gasteiger partial charge in [-0.25, -0.2) is 4.79 Å². The molecule has 0 saturated carbocycles. The summed E-state index contributed by atoms with van der Waals surface area (Å²) < 4.78 is 20.7. The van der Waals surface area contributed by atoms with Crippen molar-refractivity contribution in [1.82, 2.24) is 0 Å². The summed E-state index contributed by atoms with van der Waals surface area (Å²) in [7, 11) is 1.33. The summed E-state index contributed by atoms with van der Waals surface area (Å²) in [6, 6.07) is 8.22. The lowest BCUT2D eigenvalue weighted by molar-refractivity contribution is -0.242. The van der Waals surface area contributed by atoms with Crippen LogP contribution in [0.25, 0.3) is 0 Å². The summed E-state index contributed by atoms with van der Waals surface area (Å²) in [5.41, 5.74) is 0.290. The fourth-order valence-electron chi connectivity index (χ4n) is 2.26. The maximum Gasteiger partial charge on any atom is 0.339 e. The Labute approximate surface area is 133 Å². The fraction of sp³-hybridized carbons (Fsp3) is 0.438. The van der Waals surface area contributed by atoms with Crippen LogP contribution < -0.4 is 0 Å². The first-order valence-electron chi connectivity index (χ1n) is 7.09. The van der Waals surface area contributed by atoms with Crippen LogP contribution in [0.3, 0.4) is 0 Å². The third kappa shape index (κ3) is 3.94. The molecule has 0 radical (unpaired) electrons. The Morgan fingerprint density at radius 2 is 1.74 bits per heavy atom. The number of benzene rings is 1. The van der Waals surface area contributed by atoms with Gasteiger partial charge < -0.3 is 18.9 Å². The van der Waals surface area contributed by atoms with Gasteiger partial charge in [0.15, 0.2) is 6.10 Å². The molecule has 23 heavy (non-hydrogen) atoms. The quantitative estimate of drug-likeness (QED) is 0.767. The van der Waals surface area contributed by atoms with Crippen LogP contribution in [-0.4, -0.2) is 49.4 Å². The topological polar surface area (TPSA) is 88.1 Å². The van der Waals surface area contributed by atoms with Crippen molar-refractivity contribution in [1.29, 1.82) is 0 Å². The number of hydrogen-bond donors (Lipinski definition) is 0. The highest BCUT2D eigenvalue weighted by molar-refractivity contribution is 5.95. The SMILES string of the molecule is CO[C@H]1O[C@H](C)[C@H](OC(C)=O)C(=O)[C@H]1OC(=O)c1ccccc1. The van der Waals surface area contributed by atoms with Crippen molar-refractivity contribution in [2.45, 2.75) is 38.4 Å². The predicted octanol–water partition coefficient (Wildman–Crippen LogP) is 1.10. The lowest BCUT2D eigenvalue weighted by Crippen LogP contribution is -2.57. The molecule has 0 spiro atoms. The van der Waals surface area contributed by atoms with Crippen LogP contribution in [0.4, 0.5) is 0 Å². The van der Waals surface area contributed by atoms with Gasteiger partial charge in [0.05, 0.1) is 5.56 Å². The fourth-order valence-corrected chi connectivity index (χ4v) is 2.26. The van der Waals surface area contributed by atoms with Crippen LogP contribution in [0, 0.1) is 0 Å².